The van der Waals surface area contributed by atoms with Crippen LogP contribution in [0.5, 0.6) is 0 Å². The van der Waals surface area contributed by atoms with Crippen molar-refractivity contribution in [3.63, 3.8) is 0 Å². The highest BCUT2D eigenvalue weighted by Crippen LogP contribution is 2.07. The van der Waals surface area contributed by atoms with Crippen LogP contribution in [-0.2, 0) is 4.79 Å². The van der Waals surface area contributed by atoms with Gasteiger partial charge < -0.3 is 20.6 Å². The molecule has 2 amide bonds. The van der Waals surface area contributed by atoms with Crippen LogP contribution in [0.4, 0.5) is 4.79 Å². The molecule has 0 aliphatic carbocycles. The van der Waals surface area contributed by atoms with Gasteiger partial charge in [0.25, 0.3) is 0 Å². The van der Waals surface area contributed by atoms with E-state index in [0.29, 0.717) is 0 Å². The monoisotopic (exact) mass is 229 g/mol. The Labute approximate surface area is 95.0 Å². The molecule has 0 saturated carbocycles. The minimum absolute atomic E-state index is 0.0342. The third-order valence-corrected chi connectivity index (χ3v) is 2.51. The Balaban J connectivity index is 2.14. The number of carbonyl (C=O) groups excluding carboxylic acids is 1. The molecule has 16 heavy (non-hydrogen) atoms. The fraction of sp³-hybridized carbons (Fsp3) is 0.800. The summed E-state index contributed by atoms with van der Waals surface area (Å²) >= 11 is 0. The number of carbonyl (C=O) groups is 2. The molecular formula is C10H19N3O3. The van der Waals surface area contributed by atoms with Crippen molar-refractivity contribution in [2.75, 3.05) is 26.2 Å². The number of carboxylic acid groups (broad SMARTS) is 1. The average Bonchev–Trinajstić information content (AvgIpc) is 2.67. The van der Waals surface area contributed by atoms with E-state index in [4.69, 9.17) is 5.11 Å². The molecule has 6 nitrogen and oxygen atoms in total. The van der Waals surface area contributed by atoms with Gasteiger partial charge in [-0.2, -0.15) is 0 Å². The summed E-state index contributed by atoms with van der Waals surface area (Å²) in [6.45, 7) is 4.56. The van der Waals surface area contributed by atoms with Gasteiger partial charge in [-0.1, -0.05) is 0 Å². The maximum absolute atomic E-state index is 11.2. The van der Waals surface area contributed by atoms with Crippen LogP contribution in [0.3, 0.4) is 0 Å². The summed E-state index contributed by atoms with van der Waals surface area (Å²) in [6, 6.07) is -0.388. The number of likely N-dealkylation sites (tertiary alicyclic amines) is 1. The van der Waals surface area contributed by atoms with Gasteiger partial charge in [0.05, 0.1) is 0 Å². The molecule has 0 aromatic heterocycles. The maximum atomic E-state index is 11.2. The van der Waals surface area contributed by atoms with E-state index in [0.717, 1.165) is 19.6 Å². The smallest absolute Gasteiger partial charge is 0.323 e. The van der Waals surface area contributed by atoms with Gasteiger partial charge in [0.1, 0.15) is 6.54 Å². The summed E-state index contributed by atoms with van der Waals surface area (Å²) in [5.74, 6) is -1.04. The molecule has 1 fully saturated rings. The molecule has 0 spiro atoms. The van der Waals surface area contributed by atoms with Gasteiger partial charge in [-0.25, -0.2) is 4.79 Å². The number of rotatable bonds is 5. The zero-order valence-corrected chi connectivity index (χ0v) is 9.53. The minimum Gasteiger partial charge on any atom is -0.480 e. The van der Waals surface area contributed by atoms with Crippen molar-refractivity contribution in [1.29, 1.82) is 0 Å². The first kappa shape index (κ1) is 12.8. The summed E-state index contributed by atoms with van der Waals surface area (Å²) in [7, 11) is 0. The molecule has 3 N–H and O–H groups in total. The summed E-state index contributed by atoms with van der Waals surface area (Å²) in [6.07, 6.45) is 2.44. The van der Waals surface area contributed by atoms with Gasteiger partial charge >= 0.3 is 12.0 Å². The van der Waals surface area contributed by atoms with E-state index in [9.17, 15) is 9.59 Å². The van der Waals surface area contributed by atoms with Gasteiger partial charge in [-0.15, -0.1) is 0 Å². The van der Waals surface area contributed by atoms with E-state index in [1.807, 2.05) is 6.92 Å². The number of aliphatic carboxylic acids is 1. The van der Waals surface area contributed by atoms with Gasteiger partial charge in [-0.05, 0) is 32.9 Å². The van der Waals surface area contributed by atoms with Gasteiger partial charge in [-0.3, -0.25) is 4.79 Å². The number of nitrogens with zero attached hydrogens (tertiary/aromatic N) is 1. The normalized spacial score (nSPS) is 18.1. The van der Waals surface area contributed by atoms with E-state index in [-0.39, 0.29) is 12.6 Å². The van der Waals surface area contributed by atoms with Crippen LogP contribution in [-0.4, -0.2) is 54.2 Å². The molecule has 92 valence electrons. The molecule has 1 aliphatic heterocycles. The summed E-state index contributed by atoms with van der Waals surface area (Å²) in [5, 5.41) is 13.4. The first-order valence-electron chi connectivity index (χ1n) is 5.56. The Morgan fingerprint density at radius 2 is 2.00 bits per heavy atom. The highest BCUT2D eigenvalue weighted by molar-refractivity contribution is 5.79. The lowest BCUT2D eigenvalue weighted by Gasteiger charge is -2.21. The quantitative estimate of drug-likeness (QED) is 0.612. The lowest BCUT2D eigenvalue weighted by molar-refractivity contribution is -0.135. The molecule has 1 rings (SSSR count). The standard InChI is InChI=1S/C10H19N3O3/c1-8(7-13-4-2-3-5-13)12-10(16)11-6-9(14)15/h8H,2-7H2,1H3,(H,14,15)(H2,11,12,16). The Hall–Kier alpha value is -1.30. The fourth-order valence-corrected chi connectivity index (χ4v) is 1.83. The van der Waals surface area contributed by atoms with E-state index in [1.165, 1.54) is 12.8 Å². The van der Waals surface area contributed by atoms with Crippen molar-refractivity contribution in [2.24, 2.45) is 0 Å². The van der Waals surface area contributed by atoms with Crippen molar-refractivity contribution in [1.82, 2.24) is 15.5 Å². The molecule has 0 aromatic carbocycles. The van der Waals surface area contributed by atoms with Crippen LogP contribution in [0.25, 0.3) is 0 Å². The first-order chi connectivity index (χ1) is 7.58. The predicted octanol–water partition coefficient (Wildman–Crippen LogP) is -0.145. The largest absolute Gasteiger partial charge is 0.480 e. The zero-order valence-electron chi connectivity index (χ0n) is 9.53. The molecule has 1 unspecified atom stereocenters. The first-order valence-corrected chi connectivity index (χ1v) is 5.56. The van der Waals surface area contributed by atoms with E-state index in [2.05, 4.69) is 15.5 Å². The van der Waals surface area contributed by atoms with Crippen LogP contribution < -0.4 is 10.6 Å². The van der Waals surface area contributed by atoms with Crippen molar-refractivity contribution < 1.29 is 14.7 Å². The molecule has 1 aliphatic rings. The fourth-order valence-electron chi connectivity index (χ4n) is 1.83. The predicted molar refractivity (Wildman–Crippen MR) is 59.3 cm³/mol. The van der Waals surface area contributed by atoms with E-state index in [1.54, 1.807) is 0 Å². The third kappa shape index (κ3) is 4.97. The van der Waals surface area contributed by atoms with Crippen LogP contribution in [0.15, 0.2) is 0 Å². The second kappa shape index (κ2) is 6.32. The number of carboxylic acids is 1. The van der Waals surface area contributed by atoms with Crippen molar-refractivity contribution in [3.8, 4) is 0 Å². The number of hydrogen-bond donors (Lipinski definition) is 3. The molecular weight excluding hydrogens is 210 g/mol. The highest BCUT2D eigenvalue weighted by Gasteiger charge is 2.15. The van der Waals surface area contributed by atoms with E-state index >= 15 is 0 Å². The van der Waals surface area contributed by atoms with Gasteiger partial charge in [0, 0.05) is 12.6 Å². The highest BCUT2D eigenvalue weighted by atomic mass is 16.4. The summed E-state index contributed by atoms with van der Waals surface area (Å²) < 4.78 is 0. The number of urea groups is 1. The second-order valence-corrected chi connectivity index (χ2v) is 4.13. The molecule has 6 heteroatoms. The third-order valence-electron chi connectivity index (χ3n) is 2.51. The molecule has 0 bridgehead atoms. The van der Waals surface area contributed by atoms with Crippen molar-refractivity contribution in [2.45, 2.75) is 25.8 Å². The van der Waals surface area contributed by atoms with Crippen LogP contribution >= 0.6 is 0 Å². The summed E-state index contributed by atoms with van der Waals surface area (Å²) in [5.41, 5.74) is 0. The number of nitrogens with one attached hydrogen (secondary N) is 2. The summed E-state index contributed by atoms with van der Waals surface area (Å²) in [4.78, 5) is 23.7. The molecule has 1 atom stereocenters. The SMILES string of the molecule is CC(CN1CCCC1)NC(=O)NCC(=O)O. The van der Waals surface area contributed by atoms with Gasteiger partial charge in [0.15, 0.2) is 0 Å². The average molecular weight is 229 g/mol. The molecule has 0 aromatic rings. The Morgan fingerprint density at radius 1 is 1.38 bits per heavy atom. The second-order valence-electron chi connectivity index (χ2n) is 4.13. The Bertz CT molecular complexity index is 252. The number of amides is 2. The zero-order chi connectivity index (χ0) is 12.0. The molecule has 1 heterocycles. The van der Waals surface area contributed by atoms with Crippen LogP contribution in [0.2, 0.25) is 0 Å². The van der Waals surface area contributed by atoms with Crippen molar-refractivity contribution in [3.05, 3.63) is 0 Å². The van der Waals surface area contributed by atoms with E-state index < -0.39 is 12.0 Å². The van der Waals surface area contributed by atoms with Crippen molar-refractivity contribution >= 4 is 12.0 Å². The lowest BCUT2D eigenvalue weighted by atomic mass is 10.3. The number of hydrogen-bond acceptors (Lipinski definition) is 3. The Kier molecular flexibility index (Phi) is 5.04. The lowest BCUT2D eigenvalue weighted by Crippen LogP contribution is -2.46. The Morgan fingerprint density at radius 3 is 2.56 bits per heavy atom. The molecule has 0 radical (unpaired) electrons. The minimum atomic E-state index is -1.04. The maximum Gasteiger partial charge on any atom is 0.323 e. The van der Waals surface area contributed by atoms with Crippen LogP contribution in [0, 0.1) is 0 Å². The molecule has 1 saturated heterocycles. The topological polar surface area (TPSA) is 81.7 Å². The van der Waals surface area contributed by atoms with Gasteiger partial charge in [0.2, 0.25) is 0 Å². The van der Waals surface area contributed by atoms with Crippen LogP contribution in [0.1, 0.15) is 19.8 Å².